The van der Waals surface area contributed by atoms with Gasteiger partial charge in [-0.2, -0.15) is 0 Å². The van der Waals surface area contributed by atoms with Crippen molar-refractivity contribution in [1.82, 2.24) is 5.32 Å². The van der Waals surface area contributed by atoms with Crippen LogP contribution in [-0.4, -0.2) is 25.7 Å². The molecule has 0 amide bonds. The van der Waals surface area contributed by atoms with E-state index < -0.39 is 0 Å². The Labute approximate surface area is 156 Å². The number of hydrogen-bond acceptors (Lipinski definition) is 3. The fourth-order valence-electron chi connectivity index (χ4n) is 2.47. The minimum atomic E-state index is 0.460. The lowest BCUT2D eigenvalue weighted by molar-refractivity contribution is 0.106. The molecule has 0 aromatic heterocycles. The predicted octanol–water partition coefficient (Wildman–Crippen LogP) is 3.23. The van der Waals surface area contributed by atoms with E-state index in [2.05, 4.69) is 34.6 Å². The van der Waals surface area contributed by atoms with Crippen LogP contribution in [0, 0.1) is 0 Å². The van der Waals surface area contributed by atoms with Crippen LogP contribution in [0.5, 0.6) is 0 Å². The van der Waals surface area contributed by atoms with Crippen molar-refractivity contribution in [3.63, 3.8) is 0 Å². The summed E-state index contributed by atoms with van der Waals surface area (Å²) in [5.74, 6) is 0.460. The lowest BCUT2D eigenvalue weighted by Gasteiger charge is -2.10. The van der Waals surface area contributed by atoms with Crippen LogP contribution in [0.1, 0.15) is 30.0 Å². The number of ether oxygens (including phenoxy) is 2. The van der Waals surface area contributed by atoms with Gasteiger partial charge in [0.15, 0.2) is 5.96 Å². The summed E-state index contributed by atoms with van der Waals surface area (Å²) in [7, 11) is 0. The van der Waals surface area contributed by atoms with Gasteiger partial charge in [0.05, 0.1) is 19.8 Å². The minimum Gasteiger partial charge on any atom is -0.382 e. The Morgan fingerprint density at radius 2 is 1.69 bits per heavy atom. The number of guanidine groups is 1. The Balaban J connectivity index is 1.79. The largest absolute Gasteiger partial charge is 0.382 e. The number of nitrogens with zero attached hydrogens (tertiary/aromatic N) is 1. The van der Waals surface area contributed by atoms with Crippen molar-refractivity contribution in [1.29, 1.82) is 0 Å². The Morgan fingerprint density at radius 1 is 0.962 bits per heavy atom. The van der Waals surface area contributed by atoms with E-state index in [1.54, 1.807) is 0 Å². The first-order valence-corrected chi connectivity index (χ1v) is 9.09. The molecule has 0 saturated heterocycles. The molecule has 5 heteroatoms. The highest BCUT2D eigenvalue weighted by Gasteiger charge is 2.02. The second-order valence-electron chi connectivity index (χ2n) is 5.93. The number of benzene rings is 2. The van der Waals surface area contributed by atoms with Crippen molar-refractivity contribution < 1.29 is 9.47 Å². The molecule has 140 valence electrons. The molecular weight excluding hydrogens is 326 g/mol. The molecule has 0 aliphatic heterocycles. The van der Waals surface area contributed by atoms with Crippen LogP contribution in [-0.2, 0) is 29.2 Å². The van der Waals surface area contributed by atoms with E-state index in [0.717, 1.165) is 37.3 Å². The summed E-state index contributed by atoms with van der Waals surface area (Å²) in [6.07, 6.45) is 0.911. The normalized spacial score (nSPS) is 11.5. The lowest BCUT2D eigenvalue weighted by atomic mass is 10.1. The maximum Gasteiger partial charge on any atom is 0.188 e. The van der Waals surface area contributed by atoms with Crippen LogP contribution in [0.15, 0.2) is 59.6 Å². The maximum absolute atomic E-state index is 5.93. The van der Waals surface area contributed by atoms with Crippen molar-refractivity contribution >= 4 is 5.96 Å². The van der Waals surface area contributed by atoms with Gasteiger partial charge in [-0.1, -0.05) is 54.6 Å². The fraction of sp³-hybridized carbons (Fsp3) is 0.381. The highest BCUT2D eigenvalue weighted by molar-refractivity contribution is 5.77. The fourth-order valence-corrected chi connectivity index (χ4v) is 2.47. The number of nitrogens with one attached hydrogen (secondary N) is 1. The van der Waals surface area contributed by atoms with Gasteiger partial charge in [0, 0.05) is 19.8 Å². The quantitative estimate of drug-likeness (QED) is 0.369. The standard InChI is InChI=1S/C21H29N3O2/c1-2-25-14-8-13-23-21(22)24-15-19-11-6-7-12-20(19)17-26-16-18-9-4-3-5-10-18/h3-7,9-12H,2,8,13-17H2,1H3,(H3,22,23,24). The Morgan fingerprint density at radius 3 is 2.46 bits per heavy atom. The molecule has 26 heavy (non-hydrogen) atoms. The first kappa shape index (κ1) is 19.9. The summed E-state index contributed by atoms with van der Waals surface area (Å²) >= 11 is 0. The van der Waals surface area contributed by atoms with Crippen molar-refractivity contribution in [3.05, 3.63) is 71.3 Å². The molecule has 0 bridgehead atoms. The van der Waals surface area contributed by atoms with Gasteiger partial charge < -0.3 is 20.5 Å². The second kappa shape index (κ2) is 12.1. The molecule has 0 saturated carbocycles. The van der Waals surface area contributed by atoms with Gasteiger partial charge in [-0.05, 0) is 30.0 Å². The van der Waals surface area contributed by atoms with E-state index >= 15 is 0 Å². The molecule has 0 aliphatic carbocycles. The zero-order chi connectivity index (χ0) is 18.5. The van der Waals surface area contributed by atoms with Gasteiger partial charge in [-0.15, -0.1) is 0 Å². The molecular formula is C21H29N3O2. The van der Waals surface area contributed by atoms with Gasteiger partial charge in [-0.3, -0.25) is 0 Å². The van der Waals surface area contributed by atoms with Crippen LogP contribution in [0.4, 0.5) is 0 Å². The molecule has 0 unspecified atom stereocenters. The number of nitrogens with two attached hydrogens (primary N) is 1. The van der Waals surface area contributed by atoms with Crippen LogP contribution in [0.3, 0.4) is 0 Å². The van der Waals surface area contributed by atoms with E-state index in [0.29, 0.717) is 25.7 Å². The van der Waals surface area contributed by atoms with Crippen LogP contribution < -0.4 is 11.1 Å². The van der Waals surface area contributed by atoms with Crippen molar-refractivity contribution in [3.8, 4) is 0 Å². The molecule has 0 radical (unpaired) electrons. The average Bonchev–Trinajstić information content (AvgIpc) is 2.68. The predicted molar refractivity (Wildman–Crippen MR) is 106 cm³/mol. The molecule has 0 aliphatic rings. The third kappa shape index (κ3) is 7.68. The molecule has 3 N–H and O–H groups in total. The summed E-state index contributed by atoms with van der Waals surface area (Å²) in [5.41, 5.74) is 9.36. The molecule has 2 aromatic rings. The smallest absolute Gasteiger partial charge is 0.188 e. The van der Waals surface area contributed by atoms with Crippen molar-refractivity contribution in [2.75, 3.05) is 19.8 Å². The molecule has 0 spiro atoms. The molecule has 0 atom stereocenters. The van der Waals surface area contributed by atoms with Gasteiger partial charge in [-0.25, -0.2) is 4.99 Å². The zero-order valence-electron chi connectivity index (χ0n) is 15.5. The topological polar surface area (TPSA) is 68.9 Å². The van der Waals surface area contributed by atoms with E-state index in [1.807, 2.05) is 37.3 Å². The number of aliphatic imine (C=N–C) groups is 1. The summed E-state index contributed by atoms with van der Waals surface area (Å²) < 4.78 is 11.1. The Hall–Kier alpha value is -2.37. The van der Waals surface area contributed by atoms with Crippen molar-refractivity contribution in [2.45, 2.75) is 33.1 Å². The van der Waals surface area contributed by atoms with Crippen molar-refractivity contribution in [2.24, 2.45) is 10.7 Å². The van der Waals surface area contributed by atoms with E-state index in [9.17, 15) is 0 Å². The molecule has 0 fully saturated rings. The van der Waals surface area contributed by atoms with E-state index in [4.69, 9.17) is 15.2 Å². The van der Waals surface area contributed by atoms with Gasteiger partial charge in [0.2, 0.25) is 0 Å². The second-order valence-corrected chi connectivity index (χ2v) is 5.93. The zero-order valence-corrected chi connectivity index (χ0v) is 15.5. The molecule has 2 rings (SSSR count). The SMILES string of the molecule is CCOCCCNC(N)=NCc1ccccc1COCc1ccccc1. The highest BCUT2D eigenvalue weighted by Crippen LogP contribution is 2.12. The first-order chi connectivity index (χ1) is 12.8. The summed E-state index contributed by atoms with van der Waals surface area (Å²) in [5, 5.41) is 3.11. The highest BCUT2D eigenvalue weighted by atomic mass is 16.5. The average molecular weight is 355 g/mol. The van der Waals surface area contributed by atoms with Crippen LogP contribution >= 0.6 is 0 Å². The molecule has 5 nitrogen and oxygen atoms in total. The van der Waals surface area contributed by atoms with Gasteiger partial charge in [0.1, 0.15) is 0 Å². The lowest BCUT2D eigenvalue weighted by Crippen LogP contribution is -2.32. The Kier molecular flexibility index (Phi) is 9.25. The number of hydrogen-bond donors (Lipinski definition) is 2. The monoisotopic (exact) mass is 355 g/mol. The minimum absolute atomic E-state index is 0.460. The summed E-state index contributed by atoms with van der Waals surface area (Å²) in [6, 6.07) is 18.3. The van der Waals surface area contributed by atoms with Crippen LogP contribution in [0.25, 0.3) is 0 Å². The molecule has 2 aromatic carbocycles. The summed E-state index contributed by atoms with van der Waals surface area (Å²) in [6.45, 7) is 5.92. The number of rotatable bonds is 11. The van der Waals surface area contributed by atoms with Gasteiger partial charge in [0.25, 0.3) is 0 Å². The first-order valence-electron chi connectivity index (χ1n) is 9.09. The van der Waals surface area contributed by atoms with Crippen LogP contribution in [0.2, 0.25) is 0 Å². The third-order valence-electron chi connectivity index (χ3n) is 3.88. The van der Waals surface area contributed by atoms with E-state index in [1.165, 1.54) is 5.56 Å². The maximum atomic E-state index is 5.93. The van der Waals surface area contributed by atoms with Gasteiger partial charge >= 0.3 is 0 Å². The van der Waals surface area contributed by atoms with E-state index in [-0.39, 0.29) is 0 Å². The summed E-state index contributed by atoms with van der Waals surface area (Å²) in [4.78, 5) is 4.43. The Bertz CT molecular complexity index is 659. The molecule has 0 heterocycles. The third-order valence-corrected chi connectivity index (χ3v) is 3.88.